The minimum atomic E-state index is 0.265. The lowest BCUT2D eigenvalue weighted by atomic mass is 9.97. The largest absolute Gasteiger partial charge is 0.508 e. The second-order valence-corrected chi connectivity index (χ2v) is 9.00. The van der Waals surface area contributed by atoms with Gasteiger partial charge in [-0.05, 0) is 73.5 Å². The van der Waals surface area contributed by atoms with Crippen molar-refractivity contribution in [1.82, 2.24) is 9.88 Å². The summed E-state index contributed by atoms with van der Waals surface area (Å²) in [7, 11) is 0. The maximum Gasteiger partial charge on any atom is 0.226 e. The van der Waals surface area contributed by atoms with Crippen molar-refractivity contribution in [3.8, 4) is 17.4 Å². The van der Waals surface area contributed by atoms with Crippen molar-refractivity contribution in [3.63, 3.8) is 0 Å². The number of allylic oxidation sites excluding steroid dienone is 1. The van der Waals surface area contributed by atoms with E-state index in [1.54, 1.807) is 18.3 Å². The molecule has 0 atom stereocenters. The van der Waals surface area contributed by atoms with E-state index in [2.05, 4.69) is 33.0 Å². The van der Waals surface area contributed by atoms with E-state index in [9.17, 15) is 5.11 Å². The number of aromatic nitrogens is 1. The summed E-state index contributed by atoms with van der Waals surface area (Å²) < 4.78 is 6.05. The van der Waals surface area contributed by atoms with Gasteiger partial charge in [-0.1, -0.05) is 23.7 Å². The third-order valence-electron chi connectivity index (χ3n) is 6.42. The number of anilines is 1. The Bertz CT molecular complexity index is 1150. The first kappa shape index (κ1) is 21.8. The van der Waals surface area contributed by atoms with Gasteiger partial charge in [0.25, 0.3) is 0 Å². The highest BCUT2D eigenvalue weighted by Gasteiger charge is 2.22. The Kier molecular flexibility index (Phi) is 6.51. The van der Waals surface area contributed by atoms with Gasteiger partial charge in [-0.15, -0.1) is 0 Å². The zero-order chi connectivity index (χ0) is 22.6. The molecular formula is C27H28ClN3O2. The molecule has 1 N–H and O–H groups in total. The van der Waals surface area contributed by atoms with Crippen LogP contribution in [0.3, 0.4) is 0 Å². The van der Waals surface area contributed by atoms with Gasteiger partial charge in [0.1, 0.15) is 11.5 Å². The van der Waals surface area contributed by atoms with Crippen LogP contribution in [0.25, 0.3) is 5.57 Å². The fraction of sp³-hybridized carbons (Fsp3) is 0.296. The van der Waals surface area contributed by atoms with Crippen LogP contribution in [0.2, 0.25) is 5.02 Å². The lowest BCUT2D eigenvalue weighted by Crippen LogP contribution is -2.31. The maximum absolute atomic E-state index is 10.4. The average molecular weight is 462 g/mol. The van der Waals surface area contributed by atoms with Gasteiger partial charge in [-0.2, -0.15) is 0 Å². The molecular weight excluding hydrogens is 434 g/mol. The monoisotopic (exact) mass is 461 g/mol. The number of pyridine rings is 1. The van der Waals surface area contributed by atoms with Crippen molar-refractivity contribution in [2.45, 2.75) is 19.3 Å². The van der Waals surface area contributed by atoms with Gasteiger partial charge in [0.2, 0.25) is 5.88 Å². The van der Waals surface area contributed by atoms with Crippen molar-refractivity contribution < 1.29 is 9.84 Å². The number of hydrogen-bond acceptors (Lipinski definition) is 5. The summed E-state index contributed by atoms with van der Waals surface area (Å²) in [4.78, 5) is 9.42. The van der Waals surface area contributed by atoms with Gasteiger partial charge in [-0.3, -0.25) is 0 Å². The fourth-order valence-electron chi connectivity index (χ4n) is 4.64. The Morgan fingerprint density at radius 2 is 1.88 bits per heavy atom. The number of fused-ring (bicyclic) bond motifs is 2. The van der Waals surface area contributed by atoms with Gasteiger partial charge in [0.15, 0.2) is 0 Å². The zero-order valence-electron chi connectivity index (χ0n) is 18.6. The van der Waals surface area contributed by atoms with Crippen molar-refractivity contribution in [2.24, 2.45) is 0 Å². The van der Waals surface area contributed by atoms with Crippen LogP contribution in [-0.2, 0) is 6.42 Å². The number of phenols is 1. The lowest BCUT2D eigenvalue weighted by Gasteiger charge is -2.23. The van der Waals surface area contributed by atoms with Crippen LogP contribution in [0, 0.1) is 0 Å². The summed E-state index contributed by atoms with van der Waals surface area (Å²) in [6.45, 7) is 5.21. The van der Waals surface area contributed by atoms with E-state index in [1.807, 2.05) is 30.3 Å². The molecule has 5 nitrogen and oxygen atoms in total. The summed E-state index contributed by atoms with van der Waals surface area (Å²) in [5.41, 5.74) is 4.20. The first-order chi connectivity index (χ1) is 16.2. The van der Waals surface area contributed by atoms with Gasteiger partial charge < -0.3 is 19.6 Å². The zero-order valence-corrected chi connectivity index (χ0v) is 19.3. The molecule has 33 heavy (non-hydrogen) atoms. The molecule has 1 fully saturated rings. The molecule has 6 heteroatoms. The molecule has 0 unspecified atom stereocenters. The molecule has 0 saturated carbocycles. The van der Waals surface area contributed by atoms with Crippen LogP contribution in [0.4, 0.5) is 5.69 Å². The number of hydrogen-bond donors (Lipinski definition) is 1. The molecule has 0 radical (unpaired) electrons. The standard InChI is InChI=1S/C27H28ClN3O2/c28-21-9-11-22(12-10-21)31-16-4-15-30(17-18-31)14-3-5-20-19-24-25(32)7-1-8-26(24)33-27-23(20)6-2-13-29-27/h1-2,5-13,32H,3-4,14-19H2. The number of halogens is 1. The highest BCUT2D eigenvalue weighted by Crippen LogP contribution is 2.41. The summed E-state index contributed by atoms with van der Waals surface area (Å²) in [6.07, 6.45) is 6.74. The molecule has 0 amide bonds. The number of phenolic OH excluding ortho intramolecular Hbond substituents is 1. The smallest absolute Gasteiger partial charge is 0.226 e. The quantitative estimate of drug-likeness (QED) is 0.534. The van der Waals surface area contributed by atoms with Crippen molar-refractivity contribution in [2.75, 3.05) is 37.6 Å². The van der Waals surface area contributed by atoms with Crippen LogP contribution in [0.1, 0.15) is 24.0 Å². The molecule has 2 aromatic carbocycles. The highest BCUT2D eigenvalue weighted by molar-refractivity contribution is 6.30. The van der Waals surface area contributed by atoms with Crippen LogP contribution in [0.15, 0.2) is 66.9 Å². The SMILES string of the molecule is Oc1cccc2c1CC(=CCCN1CCCN(c3ccc(Cl)cc3)CC1)c1cccnc1O2. The van der Waals surface area contributed by atoms with Crippen LogP contribution in [-0.4, -0.2) is 47.7 Å². The minimum absolute atomic E-state index is 0.265. The van der Waals surface area contributed by atoms with Gasteiger partial charge >= 0.3 is 0 Å². The Labute approximate surface area is 199 Å². The number of rotatable bonds is 4. The highest BCUT2D eigenvalue weighted by atomic mass is 35.5. The maximum atomic E-state index is 10.4. The summed E-state index contributed by atoms with van der Waals surface area (Å²) >= 11 is 6.05. The molecule has 3 heterocycles. The molecule has 0 aliphatic carbocycles. The average Bonchev–Trinajstić information content (AvgIpc) is 3.15. The lowest BCUT2D eigenvalue weighted by molar-refractivity contribution is 0.299. The summed E-state index contributed by atoms with van der Waals surface area (Å²) in [6, 6.07) is 17.5. The summed E-state index contributed by atoms with van der Waals surface area (Å²) in [5, 5.41) is 11.2. The first-order valence-electron chi connectivity index (χ1n) is 11.5. The number of nitrogens with zero attached hydrogens (tertiary/aromatic N) is 3. The third kappa shape index (κ3) is 5.00. The van der Waals surface area contributed by atoms with E-state index in [-0.39, 0.29) is 5.75 Å². The Morgan fingerprint density at radius 3 is 2.76 bits per heavy atom. The normalized spacial score (nSPS) is 17.6. The number of benzene rings is 2. The molecule has 3 aromatic rings. The van der Waals surface area contributed by atoms with Crippen molar-refractivity contribution >= 4 is 22.9 Å². The van der Waals surface area contributed by atoms with Gasteiger partial charge in [0, 0.05) is 60.6 Å². The minimum Gasteiger partial charge on any atom is -0.508 e. The second-order valence-electron chi connectivity index (χ2n) is 8.57. The van der Waals surface area contributed by atoms with E-state index in [0.29, 0.717) is 18.1 Å². The molecule has 1 aromatic heterocycles. The molecule has 1 saturated heterocycles. The van der Waals surface area contributed by atoms with Gasteiger partial charge in [-0.25, -0.2) is 4.98 Å². The topological polar surface area (TPSA) is 48.8 Å². The molecule has 170 valence electrons. The van der Waals surface area contributed by atoms with E-state index < -0.39 is 0 Å². The van der Waals surface area contributed by atoms with E-state index in [4.69, 9.17) is 16.3 Å². The fourth-order valence-corrected chi connectivity index (χ4v) is 4.77. The second kappa shape index (κ2) is 9.86. The Balaban J connectivity index is 1.27. The van der Waals surface area contributed by atoms with E-state index >= 15 is 0 Å². The van der Waals surface area contributed by atoms with E-state index in [1.165, 1.54) is 5.69 Å². The van der Waals surface area contributed by atoms with Crippen LogP contribution < -0.4 is 9.64 Å². The van der Waals surface area contributed by atoms with Crippen LogP contribution >= 0.6 is 11.6 Å². The molecule has 5 rings (SSSR count). The number of aromatic hydroxyl groups is 1. The first-order valence-corrected chi connectivity index (χ1v) is 11.9. The third-order valence-corrected chi connectivity index (χ3v) is 6.67. The van der Waals surface area contributed by atoms with E-state index in [0.717, 1.165) is 67.3 Å². The Morgan fingerprint density at radius 1 is 1.00 bits per heavy atom. The number of ether oxygens (including phenoxy) is 1. The molecule has 0 spiro atoms. The van der Waals surface area contributed by atoms with Crippen molar-refractivity contribution in [1.29, 1.82) is 0 Å². The molecule has 2 aliphatic rings. The predicted octanol–water partition coefficient (Wildman–Crippen LogP) is 5.77. The van der Waals surface area contributed by atoms with Crippen molar-refractivity contribution in [3.05, 3.63) is 83.0 Å². The molecule has 2 aliphatic heterocycles. The van der Waals surface area contributed by atoms with Gasteiger partial charge in [0.05, 0.1) is 0 Å². The Hall–Kier alpha value is -3.02. The van der Waals surface area contributed by atoms with Crippen LogP contribution in [0.5, 0.6) is 17.4 Å². The summed E-state index contributed by atoms with van der Waals surface area (Å²) in [5.74, 6) is 1.54. The predicted molar refractivity (Wildman–Crippen MR) is 133 cm³/mol. The molecule has 0 bridgehead atoms.